The minimum Gasteiger partial charge on any atom is -0.352 e. The van der Waals surface area contributed by atoms with Gasteiger partial charge in [-0.25, -0.2) is 0 Å². The highest BCUT2D eigenvalue weighted by molar-refractivity contribution is 5.00. The van der Waals surface area contributed by atoms with Gasteiger partial charge in [0, 0.05) is 7.11 Å². The molecule has 2 nitrogen and oxygen atoms in total. The van der Waals surface area contributed by atoms with Crippen molar-refractivity contribution in [2.45, 2.75) is 51.4 Å². The fourth-order valence-electron chi connectivity index (χ4n) is 1.62. The highest BCUT2D eigenvalue weighted by atomic mass is 16.7. The fourth-order valence-corrected chi connectivity index (χ4v) is 1.62. The first-order valence-corrected chi connectivity index (χ1v) is 5.88. The van der Waals surface area contributed by atoms with Crippen molar-refractivity contribution in [3.05, 3.63) is 24.3 Å². The van der Waals surface area contributed by atoms with Gasteiger partial charge in [0.2, 0.25) is 0 Å². The molecule has 1 heterocycles. The highest BCUT2D eigenvalue weighted by Crippen LogP contribution is 2.14. The van der Waals surface area contributed by atoms with Crippen LogP contribution in [0, 0.1) is 0 Å². The van der Waals surface area contributed by atoms with Gasteiger partial charge in [-0.05, 0) is 25.3 Å². The molecule has 2 heteroatoms. The molecule has 86 valence electrons. The van der Waals surface area contributed by atoms with Crippen LogP contribution in [-0.2, 0) is 9.47 Å². The van der Waals surface area contributed by atoms with Crippen molar-refractivity contribution in [3.8, 4) is 0 Å². The summed E-state index contributed by atoms with van der Waals surface area (Å²) in [6, 6.07) is 0. The van der Waals surface area contributed by atoms with Crippen molar-refractivity contribution in [2.24, 2.45) is 0 Å². The molecular formula is C13H22O2. The summed E-state index contributed by atoms with van der Waals surface area (Å²) in [4.78, 5) is 0. The molecule has 0 radical (unpaired) electrons. The van der Waals surface area contributed by atoms with Crippen molar-refractivity contribution in [1.82, 2.24) is 0 Å². The molecule has 0 amide bonds. The van der Waals surface area contributed by atoms with Gasteiger partial charge in [0.15, 0.2) is 6.29 Å². The molecule has 0 aliphatic carbocycles. The lowest BCUT2D eigenvalue weighted by molar-refractivity contribution is -0.117. The number of unbranched alkanes of at least 4 members (excludes halogenated alkanes) is 3. The molecule has 1 aliphatic heterocycles. The highest BCUT2D eigenvalue weighted by Gasteiger charge is 2.14. The van der Waals surface area contributed by atoms with E-state index >= 15 is 0 Å². The lowest BCUT2D eigenvalue weighted by atomic mass is 10.1. The maximum absolute atomic E-state index is 5.65. The van der Waals surface area contributed by atoms with Crippen molar-refractivity contribution < 1.29 is 9.47 Å². The van der Waals surface area contributed by atoms with Crippen LogP contribution in [0.15, 0.2) is 24.3 Å². The summed E-state index contributed by atoms with van der Waals surface area (Å²) < 4.78 is 10.8. The van der Waals surface area contributed by atoms with E-state index in [1.54, 1.807) is 7.11 Å². The first-order valence-electron chi connectivity index (χ1n) is 5.88. The standard InChI is InChI=1S/C13H22O2/c1-3-4-5-6-7-9-12-10-8-11-13(14-2)15-12/h7-9,11-13H,3-6,10H2,1-2H3/b9-7-/t12-,13+/m1/s1. The molecule has 0 aromatic carbocycles. The zero-order valence-corrected chi connectivity index (χ0v) is 9.82. The van der Waals surface area contributed by atoms with Crippen LogP contribution in [0.2, 0.25) is 0 Å². The Morgan fingerprint density at radius 3 is 3.07 bits per heavy atom. The molecule has 1 aliphatic rings. The third-order valence-electron chi connectivity index (χ3n) is 2.53. The van der Waals surface area contributed by atoms with Gasteiger partial charge in [-0.1, -0.05) is 38.0 Å². The van der Waals surface area contributed by atoms with Gasteiger partial charge in [-0.15, -0.1) is 0 Å². The Balaban J connectivity index is 2.18. The third-order valence-corrected chi connectivity index (χ3v) is 2.53. The summed E-state index contributed by atoms with van der Waals surface area (Å²) in [5.41, 5.74) is 0. The largest absolute Gasteiger partial charge is 0.352 e. The molecule has 0 N–H and O–H groups in total. The predicted octanol–water partition coefficient (Wildman–Crippen LogP) is 3.44. The van der Waals surface area contributed by atoms with E-state index in [4.69, 9.17) is 9.47 Å². The minimum absolute atomic E-state index is 0.163. The Kier molecular flexibility index (Phi) is 6.37. The number of allylic oxidation sites excluding steroid dienone is 1. The summed E-state index contributed by atoms with van der Waals surface area (Å²) in [5, 5.41) is 0. The fraction of sp³-hybridized carbons (Fsp3) is 0.692. The molecule has 0 bridgehead atoms. The monoisotopic (exact) mass is 210 g/mol. The molecule has 0 aromatic heterocycles. The normalized spacial score (nSPS) is 26.3. The molecule has 0 saturated carbocycles. The van der Waals surface area contributed by atoms with Crippen molar-refractivity contribution >= 4 is 0 Å². The molecule has 0 unspecified atom stereocenters. The van der Waals surface area contributed by atoms with Crippen LogP contribution in [-0.4, -0.2) is 19.5 Å². The Bertz CT molecular complexity index is 209. The quantitative estimate of drug-likeness (QED) is 0.494. The number of hydrogen-bond donors (Lipinski definition) is 0. The second-order valence-electron chi connectivity index (χ2n) is 3.87. The third kappa shape index (κ3) is 5.14. The molecule has 15 heavy (non-hydrogen) atoms. The van der Waals surface area contributed by atoms with Crippen LogP contribution in [0.4, 0.5) is 0 Å². The molecule has 0 saturated heterocycles. The lowest BCUT2D eigenvalue weighted by Crippen LogP contribution is -2.23. The predicted molar refractivity (Wildman–Crippen MR) is 62.7 cm³/mol. The average Bonchev–Trinajstić information content (AvgIpc) is 2.29. The van der Waals surface area contributed by atoms with Gasteiger partial charge in [0.05, 0.1) is 6.10 Å². The van der Waals surface area contributed by atoms with Gasteiger partial charge in [-0.3, -0.25) is 0 Å². The maximum Gasteiger partial charge on any atom is 0.177 e. The van der Waals surface area contributed by atoms with E-state index in [2.05, 4.69) is 25.2 Å². The second kappa shape index (κ2) is 7.66. The van der Waals surface area contributed by atoms with Crippen LogP contribution < -0.4 is 0 Å². The molecule has 2 atom stereocenters. The Hall–Kier alpha value is -0.600. The summed E-state index contributed by atoms with van der Waals surface area (Å²) in [5.74, 6) is 0. The van der Waals surface area contributed by atoms with E-state index in [1.807, 2.05) is 6.08 Å². The zero-order valence-electron chi connectivity index (χ0n) is 9.82. The van der Waals surface area contributed by atoms with Gasteiger partial charge < -0.3 is 9.47 Å². The Morgan fingerprint density at radius 1 is 1.47 bits per heavy atom. The summed E-state index contributed by atoms with van der Waals surface area (Å²) in [6.45, 7) is 2.22. The topological polar surface area (TPSA) is 18.5 Å². The van der Waals surface area contributed by atoms with E-state index in [0.717, 1.165) is 12.8 Å². The molecule has 0 spiro atoms. The second-order valence-corrected chi connectivity index (χ2v) is 3.87. The molecule has 0 fully saturated rings. The maximum atomic E-state index is 5.65. The first-order chi connectivity index (χ1) is 7.36. The molecule has 0 aromatic rings. The first kappa shape index (κ1) is 12.5. The summed E-state index contributed by atoms with van der Waals surface area (Å²) in [7, 11) is 1.67. The Labute approximate surface area is 93.0 Å². The average molecular weight is 210 g/mol. The Morgan fingerprint density at radius 2 is 2.33 bits per heavy atom. The van der Waals surface area contributed by atoms with E-state index < -0.39 is 0 Å². The van der Waals surface area contributed by atoms with E-state index in [0.29, 0.717) is 0 Å². The van der Waals surface area contributed by atoms with Crippen molar-refractivity contribution in [3.63, 3.8) is 0 Å². The van der Waals surface area contributed by atoms with Crippen LogP contribution in [0.1, 0.15) is 39.0 Å². The van der Waals surface area contributed by atoms with E-state index in [1.165, 1.54) is 19.3 Å². The van der Waals surface area contributed by atoms with Crippen molar-refractivity contribution in [1.29, 1.82) is 0 Å². The number of methoxy groups -OCH3 is 1. The van der Waals surface area contributed by atoms with E-state index in [-0.39, 0.29) is 12.4 Å². The zero-order chi connectivity index (χ0) is 10.9. The minimum atomic E-state index is -0.163. The van der Waals surface area contributed by atoms with Crippen molar-refractivity contribution in [2.75, 3.05) is 7.11 Å². The van der Waals surface area contributed by atoms with Gasteiger partial charge >= 0.3 is 0 Å². The number of ether oxygens (including phenoxy) is 2. The molecular weight excluding hydrogens is 188 g/mol. The molecule has 1 rings (SSSR count). The van der Waals surface area contributed by atoms with Crippen LogP contribution in [0.5, 0.6) is 0 Å². The van der Waals surface area contributed by atoms with Crippen LogP contribution in [0.25, 0.3) is 0 Å². The van der Waals surface area contributed by atoms with Crippen LogP contribution in [0.3, 0.4) is 0 Å². The summed E-state index contributed by atoms with van der Waals surface area (Å²) in [6.07, 6.45) is 14.5. The van der Waals surface area contributed by atoms with E-state index in [9.17, 15) is 0 Å². The lowest BCUT2D eigenvalue weighted by Gasteiger charge is -2.22. The number of rotatable bonds is 6. The van der Waals surface area contributed by atoms with Crippen LogP contribution >= 0.6 is 0 Å². The van der Waals surface area contributed by atoms with Gasteiger partial charge in [-0.2, -0.15) is 0 Å². The number of hydrogen-bond acceptors (Lipinski definition) is 2. The summed E-state index contributed by atoms with van der Waals surface area (Å²) >= 11 is 0. The smallest absolute Gasteiger partial charge is 0.177 e. The van der Waals surface area contributed by atoms with Gasteiger partial charge in [0.25, 0.3) is 0 Å². The van der Waals surface area contributed by atoms with Gasteiger partial charge in [0.1, 0.15) is 0 Å². The SMILES string of the molecule is CCCCC/C=C\[C@@H]1CC=C[C@@H](OC)O1.